The predicted molar refractivity (Wildman–Crippen MR) is 106 cm³/mol. The Hall–Kier alpha value is -3.29. The van der Waals surface area contributed by atoms with Gasteiger partial charge in [0.25, 0.3) is 5.91 Å². The molecular weight excluding hydrogens is 362 g/mol. The second-order valence-corrected chi connectivity index (χ2v) is 6.08. The average molecular weight is 387 g/mol. The third-order valence-corrected chi connectivity index (χ3v) is 4.35. The van der Waals surface area contributed by atoms with E-state index in [9.17, 15) is 14.4 Å². The number of hydrogen-bond acceptors (Lipinski definition) is 5. The van der Waals surface area contributed by atoms with Gasteiger partial charge in [-0.3, -0.25) is 9.69 Å². The first-order valence-corrected chi connectivity index (χ1v) is 8.95. The molecule has 0 bridgehead atoms. The zero-order valence-electron chi connectivity index (χ0n) is 16.7. The second kappa shape index (κ2) is 9.07. The van der Waals surface area contributed by atoms with Crippen LogP contribution in [0.25, 0.3) is 0 Å². The van der Waals surface area contributed by atoms with E-state index in [1.165, 1.54) is 12.0 Å². The number of aromatic nitrogens is 1. The number of carbonyl (C=O) groups is 3. The molecule has 8 heteroatoms. The van der Waals surface area contributed by atoms with Crippen LogP contribution in [-0.2, 0) is 15.9 Å². The van der Waals surface area contributed by atoms with E-state index in [4.69, 9.17) is 9.47 Å². The number of anilines is 2. The molecule has 28 heavy (non-hydrogen) atoms. The molecule has 2 amide bonds. The number of nitrogens with one attached hydrogen (secondary N) is 2. The standard InChI is InChI=1S/C20H25N3O5/c1-6-15-16(19(25)27-5)12(3)17(22-15)18(24)21-13-8-10-14(11-9-13)23(4)20(26)28-7-2/h8-11,22H,6-7H2,1-5H3,(H,21,24). The van der Waals surface area contributed by atoms with Crippen molar-refractivity contribution in [1.82, 2.24) is 4.98 Å². The molecule has 0 atom stereocenters. The van der Waals surface area contributed by atoms with E-state index in [0.29, 0.717) is 46.9 Å². The molecule has 0 saturated carbocycles. The van der Waals surface area contributed by atoms with E-state index in [0.717, 1.165) is 0 Å². The molecule has 0 aliphatic heterocycles. The minimum Gasteiger partial charge on any atom is -0.465 e. The summed E-state index contributed by atoms with van der Waals surface area (Å²) < 4.78 is 9.76. The lowest BCUT2D eigenvalue weighted by atomic mass is 10.1. The molecule has 0 aliphatic carbocycles. The molecule has 8 nitrogen and oxygen atoms in total. The van der Waals surface area contributed by atoms with Crippen molar-refractivity contribution in [3.8, 4) is 0 Å². The lowest BCUT2D eigenvalue weighted by molar-refractivity contribution is 0.0599. The molecule has 0 fully saturated rings. The number of rotatable bonds is 6. The summed E-state index contributed by atoms with van der Waals surface area (Å²) >= 11 is 0. The van der Waals surface area contributed by atoms with E-state index < -0.39 is 12.1 Å². The SMILES string of the molecule is CCOC(=O)N(C)c1ccc(NC(=O)c2[nH]c(CC)c(C(=O)OC)c2C)cc1. The maximum atomic E-state index is 12.7. The molecule has 0 unspecified atom stereocenters. The third-order valence-electron chi connectivity index (χ3n) is 4.35. The highest BCUT2D eigenvalue weighted by atomic mass is 16.6. The predicted octanol–water partition coefficient (Wildman–Crippen LogP) is 3.52. The lowest BCUT2D eigenvalue weighted by Gasteiger charge is -2.16. The summed E-state index contributed by atoms with van der Waals surface area (Å²) in [6.07, 6.45) is 0.108. The van der Waals surface area contributed by atoms with E-state index >= 15 is 0 Å². The quantitative estimate of drug-likeness (QED) is 0.739. The summed E-state index contributed by atoms with van der Waals surface area (Å²) in [5.41, 5.74) is 3.08. The molecule has 0 radical (unpaired) electrons. The maximum Gasteiger partial charge on any atom is 0.413 e. The first-order valence-electron chi connectivity index (χ1n) is 8.95. The summed E-state index contributed by atoms with van der Waals surface area (Å²) in [6, 6.07) is 6.77. The van der Waals surface area contributed by atoms with Gasteiger partial charge in [-0.1, -0.05) is 6.92 Å². The van der Waals surface area contributed by atoms with Crippen molar-refractivity contribution in [1.29, 1.82) is 0 Å². The van der Waals surface area contributed by atoms with Crippen LogP contribution in [-0.4, -0.2) is 43.7 Å². The van der Waals surface area contributed by atoms with E-state index in [1.807, 2.05) is 6.92 Å². The highest BCUT2D eigenvalue weighted by Gasteiger charge is 2.23. The number of esters is 1. The van der Waals surface area contributed by atoms with Crippen LogP contribution >= 0.6 is 0 Å². The fourth-order valence-electron chi connectivity index (χ4n) is 2.82. The molecule has 1 aromatic heterocycles. The Kier molecular flexibility index (Phi) is 6.81. The Bertz CT molecular complexity index is 871. The van der Waals surface area contributed by atoms with Crippen molar-refractivity contribution in [2.75, 3.05) is 31.0 Å². The number of methoxy groups -OCH3 is 1. The van der Waals surface area contributed by atoms with Crippen LogP contribution in [0.3, 0.4) is 0 Å². The molecular formula is C20H25N3O5. The Balaban J connectivity index is 2.18. The highest BCUT2D eigenvalue weighted by molar-refractivity contribution is 6.07. The number of aryl methyl sites for hydroxylation is 1. The van der Waals surface area contributed by atoms with Crippen molar-refractivity contribution >= 4 is 29.3 Å². The molecule has 1 aromatic carbocycles. The number of benzene rings is 1. The number of H-pyrrole nitrogens is 1. The zero-order valence-corrected chi connectivity index (χ0v) is 16.7. The third kappa shape index (κ3) is 4.33. The van der Waals surface area contributed by atoms with Crippen LogP contribution in [0, 0.1) is 6.92 Å². The summed E-state index contributed by atoms with van der Waals surface area (Å²) in [6.45, 7) is 5.62. The van der Waals surface area contributed by atoms with Crippen molar-refractivity contribution in [3.05, 3.63) is 46.8 Å². The Morgan fingerprint density at radius 3 is 2.32 bits per heavy atom. The van der Waals surface area contributed by atoms with Gasteiger partial charge >= 0.3 is 12.1 Å². The van der Waals surface area contributed by atoms with E-state index in [1.54, 1.807) is 45.2 Å². The van der Waals surface area contributed by atoms with Crippen LogP contribution in [0.15, 0.2) is 24.3 Å². The van der Waals surface area contributed by atoms with Gasteiger partial charge in [0.05, 0.1) is 19.3 Å². The van der Waals surface area contributed by atoms with Gasteiger partial charge in [0.15, 0.2) is 0 Å². The summed E-state index contributed by atoms with van der Waals surface area (Å²) in [5, 5.41) is 2.78. The topological polar surface area (TPSA) is 101 Å². The monoisotopic (exact) mass is 387 g/mol. The molecule has 0 spiro atoms. The summed E-state index contributed by atoms with van der Waals surface area (Å²) in [4.78, 5) is 40.8. The summed E-state index contributed by atoms with van der Waals surface area (Å²) in [7, 11) is 2.91. The van der Waals surface area contributed by atoms with Gasteiger partial charge in [0, 0.05) is 24.1 Å². The molecule has 0 saturated heterocycles. The number of aromatic amines is 1. The molecule has 2 N–H and O–H groups in total. The molecule has 1 heterocycles. The molecule has 150 valence electrons. The van der Waals surface area contributed by atoms with Crippen molar-refractivity contribution < 1.29 is 23.9 Å². The largest absolute Gasteiger partial charge is 0.465 e. The minimum atomic E-state index is -0.476. The van der Waals surface area contributed by atoms with Crippen LogP contribution < -0.4 is 10.2 Å². The van der Waals surface area contributed by atoms with Crippen LogP contribution in [0.1, 0.15) is 46.0 Å². The van der Waals surface area contributed by atoms with Crippen LogP contribution in [0.5, 0.6) is 0 Å². The van der Waals surface area contributed by atoms with E-state index in [-0.39, 0.29) is 5.91 Å². The first-order chi connectivity index (χ1) is 13.3. The van der Waals surface area contributed by atoms with Crippen molar-refractivity contribution in [3.63, 3.8) is 0 Å². The Morgan fingerprint density at radius 2 is 1.79 bits per heavy atom. The second-order valence-electron chi connectivity index (χ2n) is 6.08. The maximum absolute atomic E-state index is 12.7. The highest BCUT2D eigenvalue weighted by Crippen LogP contribution is 2.22. The lowest BCUT2D eigenvalue weighted by Crippen LogP contribution is -2.26. The number of carbonyl (C=O) groups excluding carboxylic acids is 3. The van der Waals surface area contributed by atoms with E-state index in [2.05, 4.69) is 10.3 Å². The van der Waals surface area contributed by atoms with Crippen LogP contribution in [0.4, 0.5) is 16.2 Å². The van der Waals surface area contributed by atoms with Gasteiger partial charge in [-0.2, -0.15) is 0 Å². The van der Waals surface area contributed by atoms with Crippen molar-refractivity contribution in [2.24, 2.45) is 0 Å². The number of amides is 2. The number of ether oxygens (including phenoxy) is 2. The smallest absolute Gasteiger partial charge is 0.413 e. The fourth-order valence-corrected chi connectivity index (χ4v) is 2.82. The zero-order chi connectivity index (χ0) is 20.8. The Morgan fingerprint density at radius 1 is 1.14 bits per heavy atom. The van der Waals surface area contributed by atoms with Gasteiger partial charge < -0.3 is 19.8 Å². The first kappa shape index (κ1) is 21.0. The Labute approximate surface area is 163 Å². The van der Waals surface area contributed by atoms with Crippen molar-refractivity contribution in [2.45, 2.75) is 27.2 Å². The van der Waals surface area contributed by atoms with Gasteiger partial charge in [0.2, 0.25) is 0 Å². The number of nitrogens with zero attached hydrogens (tertiary/aromatic N) is 1. The van der Waals surface area contributed by atoms with Gasteiger partial charge in [0.1, 0.15) is 5.69 Å². The molecule has 0 aliphatic rings. The average Bonchev–Trinajstić information content (AvgIpc) is 3.04. The van der Waals surface area contributed by atoms with Gasteiger partial charge in [-0.15, -0.1) is 0 Å². The molecule has 2 aromatic rings. The number of hydrogen-bond donors (Lipinski definition) is 2. The van der Waals surface area contributed by atoms with Gasteiger partial charge in [-0.05, 0) is 50.1 Å². The molecule has 2 rings (SSSR count). The minimum absolute atomic E-state index is 0.292. The fraction of sp³-hybridized carbons (Fsp3) is 0.350. The van der Waals surface area contributed by atoms with Gasteiger partial charge in [-0.25, -0.2) is 9.59 Å². The van der Waals surface area contributed by atoms with Crippen LogP contribution in [0.2, 0.25) is 0 Å². The summed E-state index contributed by atoms with van der Waals surface area (Å²) in [5.74, 6) is -0.843. The normalized spacial score (nSPS) is 10.3.